The molecule has 0 radical (unpaired) electrons. The predicted octanol–water partition coefficient (Wildman–Crippen LogP) is 0.648. The Labute approximate surface area is 88.8 Å². The fourth-order valence-corrected chi connectivity index (χ4v) is 2.76. The van der Waals surface area contributed by atoms with E-state index in [9.17, 15) is 9.18 Å². The summed E-state index contributed by atoms with van der Waals surface area (Å²) in [4.78, 5) is 10.7. The van der Waals surface area contributed by atoms with Gasteiger partial charge in [0.2, 0.25) is 0 Å². The Morgan fingerprint density at radius 3 is 2.57 bits per heavy atom. The third-order valence-electron chi connectivity index (χ3n) is 1.77. The van der Waals surface area contributed by atoms with Crippen molar-refractivity contribution in [1.82, 2.24) is 0 Å². The first-order valence-electron chi connectivity index (χ1n) is 4.19. The zero-order valence-electron chi connectivity index (χ0n) is 7.87. The maximum absolute atomic E-state index is 13.4. The summed E-state index contributed by atoms with van der Waals surface area (Å²) in [6, 6.07) is 9.56. The number of hydrogen-bond acceptors (Lipinski definition) is 1. The third kappa shape index (κ3) is 3.13. The number of alkyl halides is 1. The van der Waals surface area contributed by atoms with Gasteiger partial charge < -0.3 is 0 Å². The van der Waals surface area contributed by atoms with Gasteiger partial charge in [-0.1, -0.05) is 0 Å². The van der Waals surface area contributed by atoms with E-state index in [1.807, 2.05) is 30.3 Å². The average molecular weight is 260 g/mol. The Kier molecular flexibility index (Phi) is 3.67. The first-order valence-corrected chi connectivity index (χ1v) is 6.26. The van der Waals surface area contributed by atoms with E-state index in [4.69, 9.17) is 5.73 Å². The minimum atomic E-state index is -1.88. The summed E-state index contributed by atoms with van der Waals surface area (Å²) in [7, 11) is 0. The number of amides is 1. The summed E-state index contributed by atoms with van der Waals surface area (Å²) in [5.74, 6) is -0.879. The fourth-order valence-electron chi connectivity index (χ4n) is 0.807. The van der Waals surface area contributed by atoms with E-state index in [1.54, 1.807) is 0 Å². The number of nitrogens with two attached hydrogens (primary N) is 1. The molecule has 76 valence electrons. The van der Waals surface area contributed by atoms with Crippen LogP contribution in [-0.2, 0) is 4.79 Å². The summed E-state index contributed by atoms with van der Waals surface area (Å²) in [5, 5.41) is 0.194. The molecule has 1 aromatic carbocycles. The molecule has 0 aliphatic carbocycles. The van der Waals surface area contributed by atoms with Gasteiger partial charge in [-0.2, -0.15) is 0 Å². The molecule has 0 aliphatic rings. The zero-order valence-corrected chi connectivity index (χ0v) is 9.58. The number of hydrogen-bond donors (Lipinski definition) is 1. The van der Waals surface area contributed by atoms with Gasteiger partial charge in [0.1, 0.15) is 0 Å². The molecule has 2 nitrogen and oxygen atoms in total. The number of halogens is 1. The molecule has 0 aromatic heterocycles. The monoisotopic (exact) mass is 261 g/mol. The molecule has 0 saturated carbocycles. The molecular formula is C10H12FNOSe. The van der Waals surface area contributed by atoms with Gasteiger partial charge in [-0.05, 0) is 0 Å². The summed E-state index contributed by atoms with van der Waals surface area (Å²) < 4.78 is 14.5. The van der Waals surface area contributed by atoms with Crippen LogP contribution in [0.15, 0.2) is 30.3 Å². The van der Waals surface area contributed by atoms with Gasteiger partial charge in [0.15, 0.2) is 0 Å². The molecule has 0 bridgehead atoms. The van der Waals surface area contributed by atoms with Crippen molar-refractivity contribution in [2.45, 2.75) is 17.9 Å². The van der Waals surface area contributed by atoms with Crippen LogP contribution in [0.25, 0.3) is 0 Å². The molecule has 0 saturated heterocycles. The van der Waals surface area contributed by atoms with Crippen LogP contribution in [0.5, 0.6) is 0 Å². The van der Waals surface area contributed by atoms with E-state index < -0.39 is 11.6 Å². The Morgan fingerprint density at radius 1 is 1.50 bits per heavy atom. The Balaban J connectivity index is 2.53. The second-order valence-electron chi connectivity index (χ2n) is 3.16. The first kappa shape index (κ1) is 11.2. The van der Waals surface area contributed by atoms with Crippen LogP contribution in [0.3, 0.4) is 0 Å². The zero-order chi connectivity index (χ0) is 10.6. The van der Waals surface area contributed by atoms with Crippen molar-refractivity contribution in [1.29, 1.82) is 0 Å². The molecule has 1 rings (SSSR count). The van der Waals surface area contributed by atoms with Gasteiger partial charge in [0, 0.05) is 0 Å². The molecule has 1 aromatic rings. The Hall–Kier alpha value is -0.861. The minimum absolute atomic E-state index is 0.0419. The number of carbonyl (C=O) groups excluding carboxylic acids is 1. The van der Waals surface area contributed by atoms with Crippen molar-refractivity contribution >= 4 is 25.3 Å². The van der Waals surface area contributed by atoms with E-state index in [2.05, 4.69) is 0 Å². The van der Waals surface area contributed by atoms with Gasteiger partial charge in [-0.25, -0.2) is 0 Å². The van der Waals surface area contributed by atoms with E-state index in [0.717, 1.165) is 4.46 Å². The van der Waals surface area contributed by atoms with Crippen molar-refractivity contribution in [3.05, 3.63) is 30.3 Å². The van der Waals surface area contributed by atoms with Crippen molar-refractivity contribution in [3.8, 4) is 0 Å². The molecule has 14 heavy (non-hydrogen) atoms. The molecular weight excluding hydrogens is 248 g/mol. The molecule has 1 unspecified atom stereocenters. The summed E-state index contributed by atoms with van der Waals surface area (Å²) in [6.45, 7) is 1.24. The van der Waals surface area contributed by atoms with E-state index in [1.165, 1.54) is 6.92 Å². The Bertz CT molecular complexity index is 313. The van der Waals surface area contributed by atoms with Crippen LogP contribution in [0, 0.1) is 0 Å². The first-order chi connectivity index (χ1) is 6.52. The topological polar surface area (TPSA) is 43.1 Å². The molecule has 2 N–H and O–H groups in total. The average Bonchev–Trinajstić information content (AvgIpc) is 2.16. The van der Waals surface area contributed by atoms with Crippen LogP contribution < -0.4 is 10.2 Å². The van der Waals surface area contributed by atoms with Crippen molar-refractivity contribution in [3.63, 3.8) is 0 Å². The molecule has 0 spiro atoms. The number of primary amides is 1. The number of carbonyl (C=O) groups is 1. The SMILES string of the molecule is CC(F)(C[Se]c1ccccc1)C(N)=O. The molecule has 1 atom stereocenters. The molecule has 0 aliphatic heterocycles. The molecule has 0 heterocycles. The molecule has 1 amide bonds. The van der Waals surface area contributed by atoms with Gasteiger partial charge in [0.05, 0.1) is 0 Å². The Morgan fingerprint density at radius 2 is 2.07 bits per heavy atom. The predicted molar refractivity (Wildman–Crippen MR) is 55.3 cm³/mol. The van der Waals surface area contributed by atoms with Gasteiger partial charge in [0.25, 0.3) is 0 Å². The fraction of sp³-hybridized carbons (Fsp3) is 0.300. The number of rotatable bonds is 4. The van der Waals surface area contributed by atoms with E-state index in [0.29, 0.717) is 0 Å². The molecule has 0 fully saturated rings. The second kappa shape index (κ2) is 4.58. The van der Waals surface area contributed by atoms with Crippen LogP contribution in [0.4, 0.5) is 4.39 Å². The summed E-state index contributed by atoms with van der Waals surface area (Å²) >= 11 is -0.0419. The van der Waals surface area contributed by atoms with Crippen LogP contribution >= 0.6 is 0 Å². The van der Waals surface area contributed by atoms with Crippen molar-refractivity contribution in [2.75, 3.05) is 0 Å². The molecule has 4 heteroatoms. The van der Waals surface area contributed by atoms with Crippen LogP contribution in [-0.4, -0.2) is 26.5 Å². The van der Waals surface area contributed by atoms with Crippen LogP contribution in [0.2, 0.25) is 5.32 Å². The number of benzene rings is 1. The van der Waals surface area contributed by atoms with Gasteiger partial charge >= 0.3 is 88.5 Å². The maximum atomic E-state index is 13.4. The normalized spacial score (nSPS) is 14.7. The van der Waals surface area contributed by atoms with Crippen molar-refractivity contribution < 1.29 is 9.18 Å². The van der Waals surface area contributed by atoms with E-state index in [-0.39, 0.29) is 20.3 Å². The standard InChI is InChI=1S/C10H12FNOSe/c1-10(11,9(12)13)7-14-8-5-3-2-4-6-8/h2-6H,7H2,1H3,(H2,12,13). The summed E-state index contributed by atoms with van der Waals surface area (Å²) in [5.41, 5.74) is 3.05. The summed E-state index contributed by atoms with van der Waals surface area (Å²) in [6.07, 6.45) is 0. The van der Waals surface area contributed by atoms with Gasteiger partial charge in [-0.15, -0.1) is 0 Å². The third-order valence-corrected chi connectivity index (χ3v) is 4.48. The van der Waals surface area contributed by atoms with Gasteiger partial charge in [-0.3, -0.25) is 0 Å². The van der Waals surface area contributed by atoms with Crippen LogP contribution in [0.1, 0.15) is 6.92 Å². The van der Waals surface area contributed by atoms with Crippen molar-refractivity contribution in [2.24, 2.45) is 5.73 Å². The van der Waals surface area contributed by atoms with E-state index >= 15 is 0 Å². The second-order valence-corrected chi connectivity index (χ2v) is 5.36. The quantitative estimate of drug-likeness (QED) is 0.793.